The van der Waals surface area contributed by atoms with E-state index in [0.717, 1.165) is 35.1 Å². The van der Waals surface area contributed by atoms with Crippen LogP contribution in [0.4, 0.5) is 0 Å². The Labute approximate surface area is 113 Å². The Morgan fingerprint density at radius 2 is 2.06 bits per heavy atom. The third kappa shape index (κ3) is 2.95. The van der Waals surface area contributed by atoms with Crippen molar-refractivity contribution in [3.8, 4) is 11.3 Å². The van der Waals surface area contributed by atoms with Gasteiger partial charge in [-0.15, -0.1) is 0 Å². The van der Waals surface area contributed by atoms with Gasteiger partial charge in [-0.1, -0.05) is 37.6 Å². The highest BCUT2D eigenvalue weighted by atomic mass is 35.5. The van der Waals surface area contributed by atoms with Crippen LogP contribution in [-0.4, -0.2) is 6.54 Å². The van der Waals surface area contributed by atoms with Crippen LogP contribution in [0.3, 0.4) is 0 Å². The van der Waals surface area contributed by atoms with Crippen molar-refractivity contribution in [3.05, 3.63) is 47.2 Å². The average Bonchev–Trinajstić information content (AvgIpc) is 2.85. The van der Waals surface area contributed by atoms with Gasteiger partial charge in [0.25, 0.3) is 0 Å². The zero-order chi connectivity index (χ0) is 13.0. The Balaban J connectivity index is 2.24. The normalized spacial score (nSPS) is 12.6. The maximum absolute atomic E-state index is 5.99. The third-order valence-electron chi connectivity index (χ3n) is 2.94. The molecule has 2 nitrogen and oxygen atoms in total. The van der Waals surface area contributed by atoms with Crippen molar-refractivity contribution in [1.82, 2.24) is 5.32 Å². The van der Waals surface area contributed by atoms with Crippen molar-refractivity contribution in [2.75, 3.05) is 6.54 Å². The van der Waals surface area contributed by atoms with Gasteiger partial charge in [0.05, 0.1) is 6.04 Å². The SMILES string of the molecule is CCNC(CC)c1ccc(-c2cccc(Cl)c2)o1. The Bertz CT molecular complexity index is 507. The molecule has 1 aromatic carbocycles. The number of nitrogens with one attached hydrogen (secondary N) is 1. The molecular formula is C15H18ClNO. The summed E-state index contributed by atoms with van der Waals surface area (Å²) in [6, 6.07) is 12.0. The van der Waals surface area contributed by atoms with Gasteiger partial charge in [-0.2, -0.15) is 0 Å². The highest BCUT2D eigenvalue weighted by Gasteiger charge is 2.13. The zero-order valence-corrected chi connectivity index (χ0v) is 11.5. The van der Waals surface area contributed by atoms with Crippen molar-refractivity contribution in [1.29, 1.82) is 0 Å². The molecule has 1 unspecified atom stereocenters. The van der Waals surface area contributed by atoms with Crippen molar-refractivity contribution in [3.63, 3.8) is 0 Å². The van der Waals surface area contributed by atoms with Gasteiger partial charge in [0.15, 0.2) is 0 Å². The minimum absolute atomic E-state index is 0.280. The molecule has 1 N–H and O–H groups in total. The summed E-state index contributed by atoms with van der Waals surface area (Å²) in [7, 11) is 0. The largest absolute Gasteiger partial charge is 0.459 e. The highest BCUT2D eigenvalue weighted by molar-refractivity contribution is 6.30. The second-order valence-corrected chi connectivity index (χ2v) is 4.67. The van der Waals surface area contributed by atoms with E-state index in [4.69, 9.17) is 16.0 Å². The lowest BCUT2D eigenvalue weighted by atomic mass is 10.1. The van der Waals surface area contributed by atoms with Gasteiger partial charge in [-0.05, 0) is 37.2 Å². The molecule has 0 saturated heterocycles. The summed E-state index contributed by atoms with van der Waals surface area (Å²) >= 11 is 5.99. The number of hydrogen-bond donors (Lipinski definition) is 1. The Morgan fingerprint density at radius 3 is 2.72 bits per heavy atom. The number of furan rings is 1. The lowest BCUT2D eigenvalue weighted by molar-refractivity contribution is 0.417. The van der Waals surface area contributed by atoms with E-state index >= 15 is 0 Å². The van der Waals surface area contributed by atoms with Crippen molar-refractivity contribution in [2.45, 2.75) is 26.3 Å². The Morgan fingerprint density at radius 1 is 1.22 bits per heavy atom. The molecule has 2 rings (SSSR count). The van der Waals surface area contributed by atoms with Crippen LogP contribution in [0, 0.1) is 0 Å². The molecule has 0 aliphatic heterocycles. The van der Waals surface area contributed by atoms with Gasteiger partial charge in [-0.3, -0.25) is 0 Å². The molecule has 0 aliphatic rings. The van der Waals surface area contributed by atoms with Crippen LogP contribution < -0.4 is 5.32 Å². The minimum Gasteiger partial charge on any atom is -0.459 e. The maximum Gasteiger partial charge on any atom is 0.134 e. The third-order valence-corrected chi connectivity index (χ3v) is 3.17. The summed E-state index contributed by atoms with van der Waals surface area (Å²) < 4.78 is 5.91. The number of rotatable bonds is 5. The summed E-state index contributed by atoms with van der Waals surface area (Å²) in [6.07, 6.45) is 1.01. The Hall–Kier alpha value is -1.25. The van der Waals surface area contributed by atoms with E-state index in [-0.39, 0.29) is 6.04 Å². The van der Waals surface area contributed by atoms with Gasteiger partial charge in [0.2, 0.25) is 0 Å². The van der Waals surface area contributed by atoms with Crippen LogP contribution in [0.15, 0.2) is 40.8 Å². The summed E-state index contributed by atoms with van der Waals surface area (Å²) in [5.41, 5.74) is 1.01. The monoisotopic (exact) mass is 263 g/mol. The van der Waals surface area contributed by atoms with E-state index in [1.807, 2.05) is 36.4 Å². The fourth-order valence-electron chi connectivity index (χ4n) is 2.03. The molecular weight excluding hydrogens is 246 g/mol. The lowest BCUT2D eigenvalue weighted by Crippen LogP contribution is -2.19. The van der Waals surface area contributed by atoms with Gasteiger partial charge in [0.1, 0.15) is 11.5 Å². The first-order chi connectivity index (χ1) is 8.74. The van der Waals surface area contributed by atoms with Crippen molar-refractivity contribution >= 4 is 11.6 Å². The van der Waals surface area contributed by atoms with E-state index in [1.54, 1.807) is 0 Å². The fraction of sp³-hybridized carbons (Fsp3) is 0.333. The second-order valence-electron chi connectivity index (χ2n) is 4.23. The zero-order valence-electron chi connectivity index (χ0n) is 10.7. The van der Waals surface area contributed by atoms with Crippen LogP contribution in [0.5, 0.6) is 0 Å². The molecule has 1 heterocycles. The van der Waals surface area contributed by atoms with Crippen LogP contribution in [0.1, 0.15) is 32.1 Å². The smallest absolute Gasteiger partial charge is 0.134 e. The quantitative estimate of drug-likeness (QED) is 0.849. The lowest BCUT2D eigenvalue weighted by Gasteiger charge is -2.12. The molecule has 96 valence electrons. The molecule has 0 spiro atoms. The molecule has 0 saturated carbocycles. The van der Waals surface area contributed by atoms with Gasteiger partial charge in [0, 0.05) is 10.6 Å². The molecule has 1 aromatic heterocycles. The highest BCUT2D eigenvalue weighted by Crippen LogP contribution is 2.28. The first-order valence-corrected chi connectivity index (χ1v) is 6.71. The molecule has 0 radical (unpaired) electrons. The molecule has 1 atom stereocenters. The first-order valence-electron chi connectivity index (χ1n) is 6.33. The van der Waals surface area contributed by atoms with E-state index in [2.05, 4.69) is 19.2 Å². The summed E-state index contributed by atoms with van der Waals surface area (Å²) in [5, 5.41) is 4.13. The van der Waals surface area contributed by atoms with Crippen LogP contribution >= 0.6 is 11.6 Å². The Kier molecular flexibility index (Phi) is 4.45. The van der Waals surface area contributed by atoms with Crippen molar-refractivity contribution in [2.24, 2.45) is 0 Å². The molecule has 0 bridgehead atoms. The second kappa shape index (κ2) is 6.07. The summed E-state index contributed by atoms with van der Waals surface area (Å²) in [5.74, 6) is 1.85. The van der Waals surface area contributed by atoms with Crippen LogP contribution in [0.25, 0.3) is 11.3 Å². The van der Waals surface area contributed by atoms with Crippen LogP contribution in [0.2, 0.25) is 5.02 Å². The maximum atomic E-state index is 5.99. The van der Waals surface area contributed by atoms with E-state index in [9.17, 15) is 0 Å². The summed E-state index contributed by atoms with van der Waals surface area (Å²) in [4.78, 5) is 0. The minimum atomic E-state index is 0.280. The van der Waals surface area contributed by atoms with E-state index < -0.39 is 0 Å². The van der Waals surface area contributed by atoms with Gasteiger partial charge < -0.3 is 9.73 Å². The van der Waals surface area contributed by atoms with Crippen molar-refractivity contribution < 1.29 is 4.42 Å². The number of benzene rings is 1. The standard InChI is InChI=1S/C15H18ClNO/c1-3-13(17-4-2)15-9-8-14(18-15)11-6-5-7-12(16)10-11/h5-10,13,17H,3-4H2,1-2H3. The molecule has 0 amide bonds. The fourth-order valence-corrected chi connectivity index (χ4v) is 2.22. The number of hydrogen-bond acceptors (Lipinski definition) is 2. The van der Waals surface area contributed by atoms with Gasteiger partial charge in [-0.25, -0.2) is 0 Å². The number of halogens is 1. The van der Waals surface area contributed by atoms with E-state index in [0.29, 0.717) is 0 Å². The van der Waals surface area contributed by atoms with E-state index in [1.165, 1.54) is 0 Å². The molecule has 0 aliphatic carbocycles. The first kappa shape index (κ1) is 13.2. The predicted octanol–water partition coefficient (Wildman–Crippen LogP) is 4.66. The molecule has 3 heteroatoms. The topological polar surface area (TPSA) is 25.2 Å². The van der Waals surface area contributed by atoms with Crippen LogP contribution in [-0.2, 0) is 0 Å². The summed E-state index contributed by atoms with van der Waals surface area (Å²) in [6.45, 7) is 5.18. The average molecular weight is 264 g/mol. The van der Waals surface area contributed by atoms with Gasteiger partial charge >= 0.3 is 0 Å². The molecule has 2 aromatic rings. The molecule has 0 fully saturated rings. The molecule has 18 heavy (non-hydrogen) atoms. The predicted molar refractivity (Wildman–Crippen MR) is 75.9 cm³/mol.